The highest BCUT2D eigenvalue weighted by Gasteiger charge is 2.09. The minimum atomic E-state index is 0.383. The number of hydrogen-bond acceptors (Lipinski definition) is 2. The molecule has 1 aromatic carbocycles. The summed E-state index contributed by atoms with van der Waals surface area (Å²) in [5.41, 5.74) is 1.83. The number of nitrogens with zero attached hydrogens (tertiary/aromatic N) is 1. The first kappa shape index (κ1) is 9.61. The van der Waals surface area contributed by atoms with Gasteiger partial charge in [0, 0.05) is 0 Å². The van der Waals surface area contributed by atoms with Crippen LogP contribution in [0.2, 0.25) is 0 Å². The Morgan fingerprint density at radius 2 is 2.27 bits per heavy atom. The highest BCUT2D eigenvalue weighted by atomic mass is 127. The summed E-state index contributed by atoms with van der Waals surface area (Å²) in [4.78, 5) is 0. The molecule has 1 heterocycles. The van der Waals surface area contributed by atoms with E-state index in [1.54, 1.807) is 0 Å². The molecule has 2 rings (SSSR count). The molecule has 0 spiro atoms. The molecule has 0 saturated heterocycles. The lowest BCUT2D eigenvalue weighted by Gasteiger charge is -2.05. The van der Waals surface area contributed by atoms with Crippen LogP contribution in [-0.4, -0.2) is 0 Å². The van der Waals surface area contributed by atoms with Gasteiger partial charge in [-0.2, -0.15) is 5.26 Å². The lowest BCUT2D eigenvalue weighted by molar-refractivity contribution is 0.868. The van der Waals surface area contributed by atoms with E-state index < -0.39 is 0 Å². The van der Waals surface area contributed by atoms with Crippen molar-refractivity contribution >= 4 is 44.0 Å². The van der Waals surface area contributed by atoms with E-state index in [9.17, 15) is 0 Å². The average Bonchev–Trinajstić information content (AvgIpc) is 2.54. The molecule has 1 aromatic heterocycles. The van der Waals surface area contributed by atoms with E-state index in [1.807, 2.05) is 12.1 Å². The molecule has 0 N–H and O–H groups in total. The topological polar surface area (TPSA) is 23.8 Å². The van der Waals surface area contributed by atoms with Gasteiger partial charge in [-0.1, -0.05) is 13.8 Å². The Morgan fingerprint density at radius 3 is 2.87 bits per heavy atom. The molecule has 15 heavy (non-hydrogen) atoms. The second-order valence-electron chi connectivity index (χ2n) is 3.71. The largest absolute Gasteiger partial charge is 0.192 e. The maximum Gasteiger partial charge on any atom is 0.101 e. The standard InChI is InChI=1S/C12H10INS/c1-7(2)8-3-9-5-11(13)15-12(9)10(4-8)6-14/h3-5,7H,1-2H3/i5D. The van der Waals surface area contributed by atoms with Crippen molar-refractivity contribution in [3.05, 3.63) is 32.2 Å². The molecule has 0 aliphatic carbocycles. The highest BCUT2D eigenvalue weighted by molar-refractivity contribution is 14.1. The number of thiophene rings is 1. The number of hydrogen-bond donors (Lipinski definition) is 0. The third-order valence-electron chi connectivity index (χ3n) is 2.32. The first-order chi connectivity index (χ1) is 7.54. The van der Waals surface area contributed by atoms with E-state index in [-0.39, 0.29) is 0 Å². The van der Waals surface area contributed by atoms with Crippen LogP contribution in [0.1, 0.15) is 32.3 Å². The molecular formula is C12H10INS. The monoisotopic (exact) mass is 328 g/mol. The van der Waals surface area contributed by atoms with Crippen LogP contribution in [0.5, 0.6) is 0 Å². The van der Waals surface area contributed by atoms with Crippen molar-refractivity contribution in [2.24, 2.45) is 0 Å². The molecule has 0 aliphatic rings. The van der Waals surface area contributed by atoms with E-state index in [4.69, 9.17) is 6.63 Å². The predicted octanol–water partition coefficient (Wildman–Crippen LogP) is 4.50. The van der Waals surface area contributed by atoms with E-state index >= 15 is 0 Å². The van der Waals surface area contributed by atoms with Crippen LogP contribution >= 0.6 is 33.9 Å². The highest BCUT2D eigenvalue weighted by Crippen LogP contribution is 2.32. The van der Waals surface area contributed by atoms with Crippen molar-refractivity contribution in [1.82, 2.24) is 0 Å². The van der Waals surface area contributed by atoms with Crippen molar-refractivity contribution in [1.29, 1.82) is 5.26 Å². The Bertz CT molecular complexity index is 595. The number of rotatable bonds is 1. The van der Waals surface area contributed by atoms with Gasteiger partial charge in [-0.25, -0.2) is 0 Å². The first-order valence-corrected chi connectivity index (χ1v) is 6.56. The molecule has 3 heteroatoms. The van der Waals surface area contributed by atoms with Crippen LogP contribution in [-0.2, 0) is 0 Å². The molecule has 0 unspecified atom stereocenters. The summed E-state index contributed by atoms with van der Waals surface area (Å²) < 4.78 is 9.87. The maximum absolute atomic E-state index is 9.13. The average molecular weight is 328 g/mol. The van der Waals surface area contributed by atoms with Crippen LogP contribution in [0.25, 0.3) is 10.1 Å². The van der Waals surface area contributed by atoms with Gasteiger partial charge in [0.05, 0.1) is 14.5 Å². The van der Waals surface area contributed by atoms with Gasteiger partial charge in [0.25, 0.3) is 0 Å². The molecule has 1 nitrogen and oxygen atoms in total. The lowest BCUT2D eigenvalue weighted by Crippen LogP contribution is -1.88. The summed E-state index contributed by atoms with van der Waals surface area (Å²) in [6, 6.07) is 6.77. The summed E-state index contributed by atoms with van der Waals surface area (Å²) in [6.45, 7) is 4.20. The van der Waals surface area contributed by atoms with Gasteiger partial charge in [0.15, 0.2) is 0 Å². The summed E-state index contributed by atoms with van der Waals surface area (Å²) >= 11 is 3.69. The van der Waals surface area contributed by atoms with Crippen molar-refractivity contribution < 1.29 is 1.37 Å². The zero-order valence-corrected chi connectivity index (χ0v) is 11.4. The number of halogens is 1. The Labute approximate surface area is 108 Å². The zero-order valence-electron chi connectivity index (χ0n) is 9.47. The van der Waals surface area contributed by atoms with Crippen LogP contribution in [0, 0.1) is 14.2 Å². The second kappa shape index (κ2) is 4.11. The lowest BCUT2D eigenvalue weighted by atomic mass is 9.99. The molecule has 0 bridgehead atoms. The summed E-state index contributed by atoms with van der Waals surface area (Å²) in [5.74, 6) is 0.383. The molecule has 0 fully saturated rings. The Kier molecular flexibility index (Phi) is 2.63. The predicted molar refractivity (Wildman–Crippen MR) is 73.3 cm³/mol. The number of nitriles is 1. The summed E-state index contributed by atoms with van der Waals surface area (Å²) in [5, 5.41) is 10.0. The van der Waals surface area contributed by atoms with Gasteiger partial charge >= 0.3 is 0 Å². The smallest absolute Gasteiger partial charge is 0.101 e. The minimum absolute atomic E-state index is 0.383. The molecule has 76 valence electrons. The summed E-state index contributed by atoms with van der Waals surface area (Å²) in [6.07, 6.45) is 0. The van der Waals surface area contributed by atoms with E-state index in [1.165, 1.54) is 11.3 Å². The third kappa shape index (κ3) is 2.01. The molecule has 0 radical (unpaired) electrons. The van der Waals surface area contributed by atoms with Gasteiger partial charge in [0.1, 0.15) is 6.07 Å². The number of fused-ring (bicyclic) bond motifs is 1. The molecule has 0 atom stereocenters. The van der Waals surface area contributed by atoms with E-state index in [2.05, 4.69) is 42.5 Å². The van der Waals surface area contributed by atoms with E-state index in [0.717, 1.165) is 18.5 Å². The summed E-state index contributed by atoms with van der Waals surface area (Å²) in [7, 11) is 0. The normalized spacial score (nSPS) is 11.8. The fraction of sp³-hybridized carbons (Fsp3) is 0.250. The molecule has 0 aliphatic heterocycles. The van der Waals surface area contributed by atoms with Crippen LogP contribution in [0.3, 0.4) is 0 Å². The van der Waals surface area contributed by atoms with Gasteiger partial charge in [-0.05, 0) is 57.6 Å². The fourth-order valence-electron chi connectivity index (χ4n) is 1.49. The van der Waals surface area contributed by atoms with Gasteiger partial charge < -0.3 is 0 Å². The van der Waals surface area contributed by atoms with Gasteiger partial charge in [-0.15, -0.1) is 11.3 Å². The maximum atomic E-state index is 9.13. The molecule has 2 aromatic rings. The first-order valence-electron chi connectivity index (χ1n) is 5.17. The molecule has 0 amide bonds. The van der Waals surface area contributed by atoms with Gasteiger partial charge in [0.2, 0.25) is 0 Å². The van der Waals surface area contributed by atoms with Crippen molar-refractivity contribution in [3.63, 3.8) is 0 Å². The molecule has 0 saturated carbocycles. The Morgan fingerprint density at radius 1 is 1.53 bits per heavy atom. The van der Waals surface area contributed by atoms with Crippen molar-refractivity contribution in [2.75, 3.05) is 0 Å². The van der Waals surface area contributed by atoms with Crippen LogP contribution < -0.4 is 0 Å². The SMILES string of the molecule is [2H]c1c(I)sc2c(C#N)cc(C(C)C)cc12. The van der Waals surface area contributed by atoms with E-state index in [0.29, 0.717) is 17.5 Å². The number of benzene rings is 1. The Hall–Kier alpha value is -0.600. The van der Waals surface area contributed by atoms with Gasteiger partial charge in [-0.3, -0.25) is 0 Å². The van der Waals surface area contributed by atoms with Crippen molar-refractivity contribution in [3.8, 4) is 6.07 Å². The Balaban J connectivity index is 2.85. The van der Waals surface area contributed by atoms with Crippen LogP contribution in [0.15, 0.2) is 18.2 Å². The quantitative estimate of drug-likeness (QED) is 0.707. The minimum Gasteiger partial charge on any atom is -0.192 e. The second-order valence-corrected chi connectivity index (χ2v) is 6.54. The zero-order chi connectivity index (χ0) is 11.9. The fourth-order valence-corrected chi connectivity index (χ4v) is 3.22. The molecular weight excluding hydrogens is 317 g/mol. The van der Waals surface area contributed by atoms with Crippen molar-refractivity contribution in [2.45, 2.75) is 19.8 Å². The third-order valence-corrected chi connectivity index (χ3v) is 4.18. The van der Waals surface area contributed by atoms with Crippen LogP contribution in [0.4, 0.5) is 0 Å².